The first-order valence-corrected chi connectivity index (χ1v) is 11.8. The van der Waals surface area contributed by atoms with Crippen LogP contribution in [0, 0.1) is 10.8 Å². The molecule has 33 heavy (non-hydrogen) atoms. The average molecular weight is 465 g/mol. The van der Waals surface area contributed by atoms with Crippen molar-refractivity contribution in [1.82, 2.24) is 4.90 Å². The van der Waals surface area contributed by atoms with Gasteiger partial charge in [0.2, 0.25) is 0 Å². The lowest BCUT2D eigenvalue weighted by molar-refractivity contribution is -0.138. The number of nitrogen functional groups attached to an aromatic ring is 1. The Kier molecular flexibility index (Phi) is 6.65. The number of aryl methyl sites for hydroxylation is 1. The zero-order valence-corrected chi connectivity index (χ0v) is 19.3. The number of nitrogens with zero attached hydrogens (tertiary/aromatic N) is 1. The van der Waals surface area contributed by atoms with E-state index in [9.17, 15) is 9.90 Å². The summed E-state index contributed by atoms with van der Waals surface area (Å²) in [6.07, 6.45) is 2.07. The summed E-state index contributed by atoms with van der Waals surface area (Å²) < 4.78 is 7.14. The lowest BCUT2D eigenvalue weighted by Gasteiger charge is -2.18. The SMILES string of the molecule is CC(=N)N1CC[C@H](Oc2ccc(C(CCc3cc4cc(C(=N)N)ccc4s3)C(=O)O)cc2)C1. The van der Waals surface area contributed by atoms with Crippen LogP contribution in [-0.4, -0.2) is 46.8 Å². The van der Waals surface area contributed by atoms with E-state index in [1.165, 1.54) is 0 Å². The summed E-state index contributed by atoms with van der Waals surface area (Å²) in [7, 11) is 0. The Morgan fingerprint density at radius 2 is 2.00 bits per heavy atom. The van der Waals surface area contributed by atoms with Gasteiger partial charge in [-0.25, -0.2) is 0 Å². The molecule has 2 atom stereocenters. The summed E-state index contributed by atoms with van der Waals surface area (Å²) >= 11 is 1.65. The van der Waals surface area contributed by atoms with Gasteiger partial charge in [0.1, 0.15) is 17.7 Å². The third-order valence-corrected chi connectivity index (χ3v) is 7.24. The van der Waals surface area contributed by atoms with Gasteiger partial charge in [0.15, 0.2) is 0 Å². The van der Waals surface area contributed by atoms with Crippen molar-refractivity contribution in [2.45, 2.75) is 38.2 Å². The summed E-state index contributed by atoms with van der Waals surface area (Å²) in [4.78, 5) is 15.1. The van der Waals surface area contributed by atoms with E-state index in [1.807, 2.05) is 47.4 Å². The molecule has 1 aliphatic rings. The first-order valence-electron chi connectivity index (χ1n) is 11.0. The van der Waals surface area contributed by atoms with Gasteiger partial charge in [-0.2, -0.15) is 0 Å². The number of benzene rings is 2. The summed E-state index contributed by atoms with van der Waals surface area (Å²) in [5.41, 5.74) is 7.04. The molecule has 8 heteroatoms. The molecule has 0 saturated carbocycles. The lowest BCUT2D eigenvalue weighted by atomic mass is 9.94. The zero-order valence-electron chi connectivity index (χ0n) is 18.5. The number of amidine groups is 2. The van der Waals surface area contributed by atoms with E-state index in [1.54, 1.807) is 18.3 Å². The Morgan fingerprint density at radius 1 is 1.24 bits per heavy atom. The molecule has 1 aliphatic heterocycles. The molecule has 0 aliphatic carbocycles. The first-order chi connectivity index (χ1) is 15.8. The van der Waals surface area contributed by atoms with Crippen molar-refractivity contribution >= 4 is 39.1 Å². The van der Waals surface area contributed by atoms with E-state index in [0.717, 1.165) is 39.2 Å². The number of nitrogens with two attached hydrogens (primary N) is 1. The van der Waals surface area contributed by atoms with Crippen LogP contribution in [0.15, 0.2) is 48.5 Å². The van der Waals surface area contributed by atoms with E-state index in [4.69, 9.17) is 21.3 Å². The second-order valence-corrected chi connectivity index (χ2v) is 9.61. The van der Waals surface area contributed by atoms with Crippen LogP contribution in [-0.2, 0) is 11.2 Å². The highest BCUT2D eigenvalue weighted by Crippen LogP contribution is 2.31. The van der Waals surface area contributed by atoms with Gasteiger partial charge in [0.25, 0.3) is 0 Å². The quantitative estimate of drug-likeness (QED) is 0.290. The molecule has 1 unspecified atom stereocenters. The van der Waals surface area contributed by atoms with Crippen LogP contribution in [0.2, 0.25) is 0 Å². The summed E-state index contributed by atoms with van der Waals surface area (Å²) in [6.45, 7) is 3.32. The van der Waals surface area contributed by atoms with Crippen molar-refractivity contribution in [3.8, 4) is 5.75 Å². The van der Waals surface area contributed by atoms with Crippen LogP contribution in [0.4, 0.5) is 0 Å². The Labute approximate surface area is 196 Å². The second kappa shape index (κ2) is 9.62. The molecule has 7 nitrogen and oxygen atoms in total. The first kappa shape index (κ1) is 22.8. The Morgan fingerprint density at radius 3 is 2.64 bits per heavy atom. The van der Waals surface area contributed by atoms with E-state index >= 15 is 0 Å². The van der Waals surface area contributed by atoms with Gasteiger partial charge in [0.05, 0.1) is 18.3 Å². The van der Waals surface area contributed by atoms with Crippen LogP contribution in [0.5, 0.6) is 5.75 Å². The average Bonchev–Trinajstić information content (AvgIpc) is 3.41. The van der Waals surface area contributed by atoms with E-state index in [0.29, 0.717) is 30.8 Å². The maximum atomic E-state index is 12.0. The number of hydrogen-bond acceptors (Lipinski definition) is 5. The van der Waals surface area contributed by atoms with Gasteiger partial charge in [-0.1, -0.05) is 12.1 Å². The number of carboxylic acid groups (broad SMARTS) is 1. The highest BCUT2D eigenvalue weighted by atomic mass is 32.1. The van der Waals surface area contributed by atoms with Crippen molar-refractivity contribution < 1.29 is 14.6 Å². The summed E-state index contributed by atoms with van der Waals surface area (Å²) in [5, 5.41) is 26.2. The number of carboxylic acids is 1. The predicted molar refractivity (Wildman–Crippen MR) is 132 cm³/mol. The third kappa shape index (κ3) is 5.34. The Hall–Kier alpha value is -3.39. The van der Waals surface area contributed by atoms with Crippen LogP contribution < -0.4 is 10.5 Å². The Balaban J connectivity index is 1.40. The number of rotatable bonds is 8. The van der Waals surface area contributed by atoms with E-state index in [2.05, 4.69) is 6.07 Å². The van der Waals surface area contributed by atoms with Gasteiger partial charge in [-0.05, 0) is 67.1 Å². The fourth-order valence-corrected chi connectivity index (χ4v) is 5.27. The highest BCUT2D eigenvalue weighted by Gasteiger charge is 2.25. The number of ether oxygens (including phenoxy) is 1. The molecular weight excluding hydrogens is 436 g/mol. The van der Waals surface area contributed by atoms with Crippen molar-refractivity contribution in [2.75, 3.05) is 13.1 Å². The van der Waals surface area contributed by atoms with Crippen LogP contribution >= 0.6 is 11.3 Å². The second-order valence-electron chi connectivity index (χ2n) is 8.44. The smallest absolute Gasteiger partial charge is 0.310 e. The van der Waals surface area contributed by atoms with Crippen molar-refractivity contribution in [3.05, 3.63) is 64.5 Å². The molecule has 0 radical (unpaired) electrons. The topological polar surface area (TPSA) is 123 Å². The third-order valence-electron chi connectivity index (χ3n) is 6.06. The molecule has 1 fully saturated rings. The van der Waals surface area contributed by atoms with Crippen molar-refractivity contribution in [2.24, 2.45) is 5.73 Å². The number of hydrogen-bond donors (Lipinski definition) is 4. The molecule has 172 valence electrons. The summed E-state index contributed by atoms with van der Waals surface area (Å²) in [5.74, 6) is -0.115. The minimum atomic E-state index is -0.837. The number of nitrogens with one attached hydrogen (secondary N) is 2. The maximum absolute atomic E-state index is 12.0. The van der Waals surface area contributed by atoms with Gasteiger partial charge >= 0.3 is 5.97 Å². The lowest BCUT2D eigenvalue weighted by Crippen LogP contribution is -2.28. The summed E-state index contributed by atoms with van der Waals surface area (Å²) in [6, 6.07) is 15.1. The Bertz CT molecular complexity index is 1190. The van der Waals surface area contributed by atoms with Crippen molar-refractivity contribution in [3.63, 3.8) is 0 Å². The van der Waals surface area contributed by atoms with Crippen LogP contribution in [0.3, 0.4) is 0 Å². The fraction of sp³-hybridized carbons (Fsp3) is 0.320. The normalized spacial score (nSPS) is 16.6. The standard InChI is InChI=1S/C25H28N4O3S/c1-15(26)29-11-10-20(14-29)32-19-5-2-16(3-6-19)22(25(30)31)8-7-21-13-18-12-17(24(27)28)4-9-23(18)33-21/h2-6,9,12-13,20,22,26H,7-8,10-11,14H2,1H3,(H3,27,28)(H,30,31)/t20-,22?/m0/s1. The fourth-order valence-electron chi connectivity index (χ4n) is 4.21. The van der Waals surface area contributed by atoms with E-state index in [-0.39, 0.29) is 11.9 Å². The molecule has 1 aromatic heterocycles. The highest BCUT2D eigenvalue weighted by molar-refractivity contribution is 7.19. The molecule has 0 amide bonds. The minimum absolute atomic E-state index is 0.0399. The molecule has 2 heterocycles. The number of fused-ring (bicyclic) bond motifs is 1. The van der Waals surface area contributed by atoms with Crippen molar-refractivity contribution in [1.29, 1.82) is 10.8 Å². The van der Waals surface area contributed by atoms with E-state index < -0.39 is 11.9 Å². The number of likely N-dealkylation sites (tertiary alicyclic amines) is 1. The zero-order chi connectivity index (χ0) is 23.5. The van der Waals surface area contributed by atoms with Gasteiger partial charge in [-0.3, -0.25) is 15.6 Å². The molecule has 0 spiro atoms. The predicted octanol–water partition coefficient (Wildman–Crippen LogP) is 4.44. The monoisotopic (exact) mass is 464 g/mol. The molecule has 1 saturated heterocycles. The van der Waals surface area contributed by atoms with Gasteiger partial charge < -0.3 is 20.5 Å². The molecule has 4 rings (SSSR count). The number of aliphatic carboxylic acids is 1. The molecule has 2 aromatic carbocycles. The number of thiophene rings is 1. The number of carbonyl (C=O) groups is 1. The van der Waals surface area contributed by atoms with Crippen LogP contribution in [0.1, 0.15) is 41.7 Å². The van der Waals surface area contributed by atoms with Crippen LogP contribution in [0.25, 0.3) is 10.1 Å². The van der Waals surface area contributed by atoms with Gasteiger partial charge in [0, 0.05) is 28.1 Å². The molecule has 3 aromatic rings. The largest absolute Gasteiger partial charge is 0.489 e. The molecule has 0 bridgehead atoms. The van der Waals surface area contributed by atoms with Gasteiger partial charge in [-0.15, -0.1) is 11.3 Å². The molecular formula is C25H28N4O3S. The minimum Gasteiger partial charge on any atom is -0.489 e. The molecule has 5 N–H and O–H groups in total. The maximum Gasteiger partial charge on any atom is 0.310 e.